The zero-order chi connectivity index (χ0) is 4.00. The average Bonchev–Trinajstić information content (AvgIpc) is 1.50. The maximum absolute atomic E-state index is 6.25. The van der Waals surface area contributed by atoms with Crippen LogP contribution in [0.15, 0.2) is 0 Å². The minimum Gasteiger partial charge on any atom is -0.512 e. The van der Waals surface area contributed by atoms with Crippen LogP contribution in [0.3, 0.4) is 0 Å². The first-order chi connectivity index (χ1) is 2.00. The topological polar surface area (TPSA) is 82.6 Å². The first kappa shape index (κ1) is 44.1. The summed E-state index contributed by atoms with van der Waals surface area (Å²) in [5.74, 6) is 0. The van der Waals surface area contributed by atoms with E-state index in [-0.39, 0.29) is 28.5 Å². The van der Waals surface area contributed by atoms with E-state index < -0.39 is 0 Å². The molecule has 1 radical (unpaired) electrons. The molecule has 0 spiro atoms. The Labute approximate surface area is 52.7 Å². The summed E-state index contributed by atoms with van der Waals surface area (Å²) in [4.78, 5) is 0. The molecule has 40 valence electrons. The largest absolute Gasteiger partial charge is 0.512 e. The summed E-state index contributed by atoms with van der Waals surface area (Å²) in [5, 5.41) is 12.5. The maximum Gasteiger partial charge on any atom is -0.488 e. The molecule has 0 unspecified atom stereocenters. The first-order valence-corrected chi connectivity index (χ1v) is 0.447. The molecule has 3 N–H and O–H groups in total. The van der Waals surface area contributed by atoms with Crippen LogP contribution in [0, 0.1) is 23.7 Å². The third-order valence-electron chi connectivity index (χ3n) is 0. The van der Waals surface area contributed by atoms with Gasteiger partial charge in [0.15, 0.2) is 0 Å². The van der Waals surface area contributed by atoms with E-state index in [0.29, 0.717) is 0 Å². The van der Waals surface area contributed by atoms with Gasteiger partial charge in [-0.25, -0.2) is 0 Å². The Morgan fingerprint density at radius 2 is 0.833 bits per heavy atom. The van der Waals surface area contributed by atoms with E-state index >= 15 is 0 Å². The van der Waals surface area contributed by atoms with Crippen molar-refractivity contribution in [2.45, 2.75) is 0 Å². The number of rotatable bonds is 0. The molecule has 0 amide bonds. The minimum absolute atomic E-state index is 0. The monoisotopic (exact) mass is 177 g/mol. The van der Waals surface area contributed by atoms with Gasteiger partial charge >= 0.3 is 22.4 Å². The summed E-state index contributed by atoms with van der Waals surface area (Å²) >= 11 is 0. The molecule has 0 bridgehead atoms. The Kier molecular flexibility index (Phi) is 4550. The van der Waals surface area contributed by atoms with Gasteiger partial charge in [-0.3, -0.25) is 0 Å². The Morgan fingerprint density at radius 3 is 0.833 bits per heavy atom. The van der Waals surface area contributed by atoms with Crippen molar-refractivity contribution in [2.75, 3.05) is 0 Å². The van der Waals surface area contributed by atoms with Gasteiger partial charge in [0.1, 0.15) is 0 Å². The second-order valence-electron chi connectivity index (χ2n) is 0. The predicted octanol–water partition coefficient (Wildman–Crippen LogP) is 0.0845. The van der Waals surface area contributed by atoms with E-state index in [1.807, 2.05) is 0 Å². The van der Waals surface area contributed by atoms with Crippen LogP contribution >= 0.6 is 0 Å². The molecule has 0 aliphatic rings. The Morgan fingerprint density at radius 1 is 0.833 bits per heavy atom. The molecule has 0 saturated carbocycles. The third-order valence-corrected chi connectivity index (χ3v) is 0. The summed E-state index contributed by atoms with van der Waals surface area (Å²) in [6.45, 7) is 9.50. The Hall–Kier alpha value is -0.320. The zero-order valence-corrected chi connectivity index (χ0v) is 4.47. The van der Waals surface area contributed by atoms with Crippen LogP contribution < -0.4 is 6.15 Å². The summed E-state index contributed by atoms with van der Waals surface area (Å²) < 4.78 is 0. The quantitative estimate of drug-likeness (QED) is 0.421. The molecule has 0 aliphatic carbocycles. The molecule has 0 rings (SSSR count). The maximum atomic E-state index is 6.25. The van der Waals surface area contributed by atoms with Crippen molar-refractivity contribution in [2.24, 2.45) is 0 Å². The zero-order valence-electron chi connectivity index (χ0n) is 2.92. The van der Waals surface area contributed by atoms with Crippen LogP contribution in [0.4, 0.5) is 0 Å². The molecular weight excluding hydrogens is 174 g/mol. The van der Waals surface area contributed by atoms with E-state index in [0.717, 1.165) is 0 Å². The fourth-order valence-corrected chi connectivity index (χ4v) is 0. The molecule has 3 nitrogen and oxygen atoms in total. The van der Waals surface area contributed by atoms with E-state index in [4.69, 9.17) is 23.7 Å². The van der Waals surface area contributed by atoms with Gasteiger partial charge in [0.2, 0.25) is 0 Å². The van der Waals surface area contributed by atoms with Gasteiger partial charge in [-0.1, -0.05) is 0 Å². The van der Waals surface area contributed by atoms with E-state index in [9.17, 15) is 0 Å². The molecular formula is C2H4AgN3-2. The smallest absolute Gasteiger partial charge is 0.488 e. The van der Waals surface area contributed by atoms with Crippen molar-refractivity contribution in [1.29, 1.82) is 10.5 Å². The molecule has 6 heavy (non-hydrogen) atoms. The third kappa shape index (κ3) is 259. The molecule has 4 heteroatoms. The van der Waals surface area contributed by atoms with E-state index in [1.165, 1.54) is 0 Å². The summed E-state index contributed by atoms with van der Waals surface area (Å²) in [6.07, 6.45) is 0. The molecule has 0 aliphatic heterocycles. The molecule has 0 aromatic rings. The van der Waals surface area contributed by atoms with Crippen LogP contribution in [0.2, 0.25) is 0 Å². The number of hydrogen-bond donors (Lipinski definition) is 1. The SMILES string of the molecule is N.[AgH].[C-]#N.[C-]#N. The minimum atomic E-state index is 0. The van der Waals surface area contributed by atoms with Crippen molar-refractivity contribution in [3.8, 4) is 0 Å². The van der Waals surface area contributed by atoms with Crippen molar-refractivity contribution in [1.82, 2.24) is 6.15 Å². The molecule has 0 atom stereocenters. The van der Waals surface area contributed by atoms with Crippen LogP contribution in [0.25, 0.3) is 0 Å². The molecule has 0 heterocycles. The van der Waals surface area contributed by atoms with Crippen molar-refractivity contribution in [3.05, 3.63) is 13.1 Å². The Balaban J connectivity index is -0.00000000500. The van der Waals surface area contributed by atoms with Gasteiger partial charge in [-0.2, -0.15) is 0 Å². The molecule has 0 aromatic carbocycles. The second-order valence-corrected chi connectivity index (χ2v) is 0. The van der Waals surface area contributed by atoms with Crippen molar-refractivity contribution < 1.29 is 22.4 Å². The number of hydrogen-bond acceptors (Lipinski definition) is 3. The Bertz CT molecular complexity index is 24.3. The van der Waals surface area contributed by atoms with Gasteiger partial charge in [-0.15, -0.1) is 0 Å². The fraction of sp³-hybridized carbons (Fsp3) is 0. The van der Waals surface area contributed by atoms with Crippen molar-refractivity contribution >= 4 is 0 Å². The summed E-state index contributed by atoms with van der Waals surface area (Å²) in [5.41, 5.74) is 0. The van der Waals surface area contributed by atoms with Gasteiger partial charge < -0.3 is 29.8 Å². The van der Waals surface area contributed by atoms with Crippen LogP contribution in [0.5, 0.6) is 0 Å². The second kappa shape index (κ2) is 620. The normalized spacial score (nSPS) is 0.667. The van der Waals surface area contributed by atoms with Gasteiger partial charge in [0.25, 0.3) is 0 Å². The van der Waals surface area contributed by atoms with Crippen LogP contribution in [-0.4, -0.2) is 0 Å². The van der Waals surface area contributed by atoms with Gasteiger partial charge in [0.05, 0.1) is 0 Å². The predicted molar refractivity (Wildman–Crippen MR) is 16.4 cm³/mol. The van der Waals surface area contributed by atoms with E-state index in [1.54, 1.807) is 0 Å². The van der Waals surface area contributed by atoms with Crippen LogP contribution in [-0.2, 0) is 22.4 Å². The standard InChI is InChI=1S/2CN.Ag.H3N.H/c2*1-2;;;/h;;;1H3;/q2*-1;;;. The van der Waals surface area contributed by atoms with Crippen LogP contribution in [0.1, 0.15) is 0 Å². The molecule has 0 saturated heterocycles. The van der Waals surface area contributed by atoms with Crippen molar-refractivity contribution in [3.63, 3.8) is 0 Å². The first-order valence-electron chi connectivity index (χ1n) is 0.447. The van der Waals surface area contributed by atoms with E-state index in [2.05, 4.69) is 0 Å². The van der Waals surface area contributed by atoms with Gasteiger partial charge in [0, 0.05) is 0 Å². The number of nitrogens with zero attached hydrogens (tertiary/aromatic N) is 2. The average molecular weight is 178 g/mol. The van der Waals surface area contributed by atoms with Gasteiger partial charge in [-0.05, 0) is 0 Å². The summed E-state index contributed by atoms with van der Waals surface area (Å²) in [6, 6.07) is 0. The molecule has 0 fully saturated rings. The molecule has 0 aromatic heterocycles. The fourth-order valence-electron chi connectivity index (χ4n) is 0. The summed E-state index contributed by atoms with van der Waals surface area (Å²) in [7, 11) is 0.